The van der Waals surface area contributed by atoms with Crippen LogP contribution in [0.5, 0.6) is 5.75 Å². The zero-order valence-electron chi connectivity index (χ0n) is 13.1. The molecular formula is C18H22N2O2. The predicted octanol–water partition coefficient (Wildman–Crippen LogP) is 2.39. The van der Waals surface area contributed by atoms with Gasteiger partial charge in [-0.25, -0.2) is 0 Å². The molecule has 0 saturated carbocycles. The molecule has 2 heterocycles. The normalized spacial score (nSPS) is 18.7. The Labute approximate surface area is 130 Å². The Morgan fingerprint density at radius 2 is 2.00 bits per heavy atom. The molecule has 3 rings (SSSR count). The van der Waals surface area contributed by atoms with E-state index in [9.17, 15) is 9.90 Å². The van der Waals surface area contributed by atoms with Gasteiger partial charge in [-0.05, 0) is 31.4 Å². The molecule has 1 saturated heterocycles. The average Bonchev–Trinajstić information content (AvgIpc) is 2.99. The molecule has 4 nitrogen and oxygen atoms in total. The number of aromatic nitrogens is 1. The smallest absolute Gasteiger partial charge is 0.223 e. The summed E-state index contributed by atoms with van der Waals surface area (Å²) in [5, 5.41) is 10.1. The lowest BCUT2D eigenvalue weighted by Gasteiger charge is -2.20. The monoisotopic (exact) mass is 298 g/mol. The fourth-order valence-corrected chi connectivity index (χ4v) is 3.24. The maximum atomic E-state index is 11.8. The van der Waals surface area contributed by atoms with E-state index in [0.717, 1.165) is 25.2 Å². The Balaban J connectivity index is 1.77. The Morgan fingerprint density at radius 1 is 1.27 bits per heavy atom. The largest absolute Gasteiger partial charge is 0.503 e. The third-order valence-corrected chi connectivity index (χ3v) is 4.70. The van der Waals surface area contributed by atoms with Crippen molar-refractivity contribution in [2.24, 2.45) is 7.05 Å². The second kappa shape index (κ2) is 5.97. The minimum Gasteiger partial charge on any atom is -0.503 e. The predicted molar refractivity (Wildman–Crippen MR) is 87.2 cm³/mol. The first-order valence-electron chi connectivity index (χ1n) is 7.72. The summed E-state index contributed by atoms with van der Waals surface area (Å²) < 4.78 is 1.91. The van der Waals surface area contributed by atoms with Crippen LogP contribution >= 0.6 is 0 Å². The van der Waals surface area contributed by atoms with Gasteiger partial charge in [0.05, 0.1) is 5.69 Å². The van der Waals surface area contributed by atoms with E-state index in [1.165, 1.54) is 11.6 Å². The fraction of sp³-hybridized carbons (Fsp3) is 0.389. The van der Waals surface area contributed by atoms with E-state index in [2.05, 4.69) is 29.2 Å². The first-order chi connectivity index (χ1) is 10.6. The van der Waals surface area contributed by atoms with Gasteiger partial charge < -0.3 is 9.67 Å². The standard InChI is InChI=1S/C18H22N2O2/c1-13-10-17(21)18(22)16(19(13)2)12-20-9-8-15(11-20)14-6-4-3-5-7-14/h3-7,10,15,22H,8-9,11-12H2,1-2H3/t15-/m0/s1. The molecule has 4 heteroatoms. The van der Waals surface area contributed by atoms with Crippen molar-refractivity contribution >= 4 is 0 Å². The second-order valence-corrected chi connectivity index (χ2v) is 6.14. The quantitative estimate of drug-likeness (QED) is 0.946. The Hall–Kier alpha value is -2.07. The topological polar surface area (TPSA) is 45.5 Å². The number of benzene rings is 1. The van der Waals surface area contributed by atoms with E-state index in [1.54, 1.807) is 0 Å². The summed E-state index contributed by atoms with van der Waals surface area (Å²) in [5.41, 5.74) is 2.66. The van der Waals surface area contributed by atoms with Crippen LogP contribution in [-0.2, 0) is 13.6 Å². The van der Waals surface area contributed by atoms with Crippen LogP contribution in [0.3, 0.4) is 0 Å². The number of likely N-dealkylation sites (tertiary alicyclic amines) is 1. The van der Waals surface area contributed by atoms with E-state index >= 15 is 0 Å². The van der Waals surface area contributed by atoms with Gasteiger partial charge >= 0.3 is 0 Å². The molecule has 0 aliphatic carbocycles. The highest BCUT2D eigenvalue weighted by Gasteiger charge is 2.25. The lowest BCUT2D eigenvalue weighted by atomic mass is 9.99. The zero-order chi connectivity index (χ0) is 15.7. The summed E-state index contributed by atoms with van der Waals surface area (Å²) in [7, 11) is 1.90. The molecule has 1 aliphatic heterocycles. The Morgan fingerprint density at radius 3 is 2.73 bits per heavy atom. The third kappa shape index (κ3) is 2.79. The highest BCUT2D eigenvalue weighted by atomic mass is 16.3. The molecule has 116 valence electrons. The zero-order valence-corrected chi connectivity index (χ0v) is 13.1. The molecule has 1 fully saturated rings. The number of aryl methyl sites for hydroxylation is 1. The summed E-state index contributed by atoms with van der Waals surface area (Å²) >= 11 is 0. The van der Waals surface area contributed by atoms with Crippen molar-refractivity contribution in [1.82, 2.24) is 9.47 Å². The fourth-order valence-electron chi connectivity index (χ4n) is 3.24. The van der Waals surface area contributed by atoms with Gasteiger partial charge in [-0.2, -0.15) is 0 Å². The molecule has 0 amide bonds. The molecular weight excluding hydrogens is 276 g/mol. The van der Waals surface area contributed by atoms with Gasteiger partial charge in [-0.3, -0.25) is 9.69 Å². The van der Waals surface area contributed by atoms with Crippen LogP contribution in [0.15, 0.2) is 41.2 Å². The summed E-state index contributed by atoms with van der Waals surface area (Å²) in [6.45, 7) is 4.45. The van der Waals surface area contributed by atoms with Gasteiger partial charge in [0.15, 0.2) is 5.75 Å². The first kappa shape index (κ1) is 14.9. The molecule has 0 unspecified atom stereocenters. The average molecular weight is 298 g/mol. The molecule has 1 N–H and O–H groups in total. The number of hydrogen-bond donors (Lipinski definition) is 1. The van der Waals surface area contributed by atoms with Gasteiger partial charge in [0.25, 0.3) is 0 Å². The van der Waals surface area contributed by atoms with Gasteiger partial charge in [0.1, 0.15) is 0 Å². The molecule has 1 aromatic carbocycles. The maximum absolute atomic E-state index is 11.8. The molecule has 0 bridgehead atoms. The number of nitrogens with zero attached hydrogens (tertiary/aromatic N) is 2. The third-order valence-electron chi connectivity index (χ3n) is 4.70. The number of rotatable bonds is 3. The first-order valence-corrected chi connectivity index (χ1v) is 7.72. The van der Waals surface area contributed by atoms with Crippen molar-refractivity contribution in [3.63, 3.8) is 0 Å². The van der Waals surface area contributed by atoms with Crippen molar-refractivity contribution in [2.75, 3.05) is 13.1 Å². The van der Waals surface area contributed by atoms with Gasteiger partial charge in [0.2, 0.25) is 5.43 Å². The van der Waals surface area contributed by atoms with Crippen LogP contribution in [0.2, 0.25) is 0 Å². The molecule has 22 heavy (non-hydrogen) atoms. The van der Waals surface area contributed by atoms with Crippen LogP contribution in [0, 0.1) is 6.92 Å². The number of pyridine rings is 1. The minimum absolute atomic E-state index is 0.115. The van der Waals surface area contributed by atoms with Crippen molar-refractivity contribution in [3.05, 3.63) is 63.6 Å². The highest BCUT2D eigenvalue weighted by Crippen LogP contribution is 2.28. The van der Waals surface area contributed by atoms with E-state index in [1.807, 2.05) is 24.6 Å². The maximum Gasteiger partial charge on any atom is 0.223 e. The van der Waals surface area contributed by atoms with Crippen LogP contribution in [-0.4, -0.2) is 27.7 Å². The molecule has 0 spiro atoms. The van der Waals surface area contributed by atoms with Gasteiger partial charge in [0, 0.05) is 31.9 Å². The van der Waals surface area contributed by atoms with Crippen LogP contribution in [0.25, 0.3) is 0 Å². The van der Waals surface area contributed by atoms with Crippen LogP contribution in [0.1, 0.15) is 29.3 Å². The summed E-state index contributed by atoms with van der Waals surface area (Å²) in [4.78, 5) is 14.1. The molecule has 0 radical (unpaired) electrons. The molecule has 1 aromatic heterocycles. The van der Waals surface area contributed by atoms with E-state index in [-0.39, 0.29) is 11.2 Å². The summed E-state index contributed by atoms with van der Waals surface area (Å²) in [5.74, 6) is 0.418. The van der Waals surface area contributed by atoms with Crippen molar-refractivity contribution in [2.45, 2.75) is 25.8 Å². The SMILES string of the molecule is Cc1cc(=O)c(O)c(CN2CC[C@H](c3ccccc3)C2)n1C. The molecule has 1 aliphatic rings. The van der Waals surface area contributed by atoms with Crippen molar-refractivity contribution < 1.29 is 5.11 Å². The lowest BCUT2D eigenvalue weighted by molar-refractivity contribution is 0.308. The van der Waals surface area contributed by atoms with Crippen molar-refractivity contribution in [3.8, 4) is 5.75 Å². The molecule has 2 aromatic rings. The number of aromatic hydroxyl groups is 1. The van der Waals surface area contributed by atoms with Gasteiger partial charge in [-0.1, -0.05) is 30.3 Å². The van der Waals surface area contributed by atoms with Crippen molar-refractivity contribution in [1.29, 1.82) is 0 Å². The second-order valence-electron chi connectivity index (χ2n) is 6.14. The Bertz CT molecular complexity index is 722. The Kier molecular flexibility index (Phi) is 4.03. The number of hydrogen-bond acceptors (Lipinski definition) is 3. The van der Waals surface area contributed by atoms with E-state index < -0.39 is 0 Å². The van der Waals surface area contributed by atoms with E-state index in [4.69, 9.17) is 0 Å². The summed E-state index contributed by atoms with van der Waals surface area (Å²) in [6.07, 6.45) is 1.12. The summed E-state index contributed by atoms with van der Waals surface area (Å²) in [6, 6.07) is 12.0. The molecule has 1 atom stereocenters. The highest BCUT2D eigenvalue weighted by molar-refractivity contribution is 5.30. The van der Waals surface area contributed by atoms with Crippen LogP contribution in [0.4, 0.5) is 0 Å². The lowest BCUT2D eigenvalue weighted by Crippen LogP contribution is -2.24. The van der Waals surface area contributed by atoms with E-state index in [0.29, 0.717) is 18.2 Å². The minimum atomic E-state index is -0.288. The van der Waals surface area contributed by atoms with Crippen LogP contribution < -0.4 is 5.43 Å². The van der Waals surface area contributed by atoms with Gasteiger partial charge in [-0.15, -0.1) is 0 Å².